The molecule has 4 aromatic rings. The molecule has 0 spiro atoms. The number of hydrogen-bond acceptors (Lipinski definition) is 6. The highest BCUT2D eigenvalue weighted by molar-refractivity contribution is 6.28. The highest BCUT2D eigenvalue weighted by atomic mass is 35.5. The van der Waals surface area contributed by atoms with Crippen LogP contribution in [-0.2, 0) is 11.0 Å². The fourth-order valence-electron chi connectivity index (χ4n) is 6.68. The lowest BCUT2D eigenvalue weighted by Crippen LogP contribution is -2.58. The van der Waals surface area contributed by atoms with Gasteiger partial charge in [-0.15, -0.1) is 10.2 Å². The van der Waals surface area contributed by atoms with E-state index in [-0.39, 0.29) is 11.0 Å². The molecule has 4 bridgehead atoms. The van der Waals surface area contributed by atoms with Crippen molar-refractivity contribution in [1.82, 2.24) is 44.5 Å². The number of H-pyrrole nitrogens is 1. The van der Waals surface area contributed by atoms with Crippen molar-refractivity contribution < 1.29 is 0 Å². The highest BCUT2D eigenvalue weighted by Gasteiger charge is 2.61. The van der Waals surface area contributed by atoms with Gasteiger partial charge in [0.1, 0.15) is 12.7 Å². The summed E-state index contributed by atoms with van der Waals surface area (Å²) in [6, 6.07) is 0. The van der Waals surface area contributed by atoms with Gasteiger partial charge in [-0.05, 0) is 62.0 Å². The van der Waals surface area contributed by atoms with Crippen molar-refractivity contribution in [3.63, 3.8) is 0 Å². The summed E-state index contributed by atoms with van der Waals surface area (Å²) in [5.41, 5.74) is 1.52. The average molecular weight is 396 g/mol. The van der Waals surface area contributed by atoms with Gasteiger partial charge in [0.2, 0.25) is 5.28 Å². The molecule has 28 heavy (non-hydrogen) atoms. The van der Waals surface area contributed by atoms with E-state index in [1.54, 1.807) is 23.4 Å². The molecule has 0 aliphatic heterocycles. The molecule has 1 N–H and O–H groups in total. The third-order valence-corrected chi connectivity index (χ3v) is 7.42. The van der Waals surface area contributed by atoms with Crippen LogP contribution in [0.5, 0.6) is 0 Å². The first-order valence-electron chi connectivity index (χ1n) is 9.75. The Kier molecular flexibility index (Phi) is 2.68. The maximum absolute atomic E-state index is 6.06. The van der Waals surface area contributed by atoms with Crippen molar-refractivity contribution in [1.29, 1.82) is 0 Å². The number of aromatic nitrogens is 9. The largest absolute Gasteiger partial charge is 0.261 e. The summed E-state index contributed by atoms with van der Waals surface area (Å²) in [4.78, 5) is 13.6. The van der Waals surface area contributed by atoms with Gasteiger partial charge in [-0.25, -0.2) is 24.1 Å². The molecule has 4 saturated carbocycles. The van der Waals surface area contributed by atoms with E-state index in [0.29, 0.717) is 17.1 Å². The van der Waals surface area contributed by atoms with Crippen molar-refractivity contribution in [2.24, 2.45) is 11.8 Å². The summed E-state index contributed by atoms with van der Waals surface area (Å²) in [6.45, 7) is 0. The van der Waals surface area contributed by atoms with Gasteiger partial charge < -0.3 is 0 Å². The number of nitrogens with zero attached hydrogens (tertiary/aromatic N) is 8. The normalized spacial score (nSPS) is 34.0. The molecule has 0 saturated heterocycles. The van der Waals surface area contributed by atoms with Crippen LogP contribution in [0.3, 0.4) is 0 Å². The second-order valence-corrected chi connectivity index (χ2v) is 9.34. The third kappa shape index (κ3) is 1.87. The highest BCUT2D eigenvalue weighted by Crippen LogP contribution is 2.64. The monoisotopic (exact) mass is 395 g/mol. The fourth-order valence-corrected chi connectivity index (χ4v) is 6.81. The molecular formula is C18H18ClN9. The van der Waals surface area contributed by atoms with Crippen molar-refractivity contribution in [3.05, 3.63) is 30.0 Å². The van der Waals surface area contributed by atoms with Crippen LogP contribution in [0, 0.1) is 11.8 Å². The minimum Gasteiger partial charge on any atom is -0.261 e. The third-order valence-electron chi connectivity index (χ3n) is 7.24. The summed E-state index contributed by atoms with van der Waals surface area (Å²) in [5.74, 6) is 2.28. The standard InChI is InChI=1S/C18H18ClN9/c19-16-21-9-28(26-16)18-4-10-1-11(5-18)3-17(2-10,7-18)15-23-14-12-6-22-24-13(12)20-8-27(14)25-15/h6,8-11H,1-5,7H2,(H,22,24). The van der Waals surface area contributed by atoms with Crippen LogP contribution in [0.2, 0.25) is 5.28 Å². The maximum Gasteiger partial charge on any atom is 0.242 e. The molecule has 0 radical (unpaired) electrons. The molecule has 0 aromatic carbocycles. The number of fused-ring (bicyclic) bond motifs is 3. The van der Waals surface area contributed by atoms with E-state index in [4.69, 9.17) is 21.7 Å². The van der Waals surface area contributed by atoms with Gasteiger partial charge in [-0.2, -0.15) is 5.10 Å². The Bertz CT molecular complexity index is 1220. The fraction of sp³-hybridized carbons (Fsp3) is 0.556. The van der Waals surface area contributed by atoms with Crippen molar-refractivity contribution >= 4 is 28.3 Å². The molecule has 4 heterocycles. The van der Waals surface area contributed by atoms with E-state index in [9.17, 15) is 0 Å². The number of aromatic amines is 1. The summed E-state index contributed by atoms with van der Waals surface area (Å²) in [6.07, 6.45) is 12.2. The van der Waals surface area contributed by atoms with Crippen molar-refractivity contribution in [2.45, 2.75) is 49.5 Å². The van der Waals surface area contributed by atoms with E-state index in [0.717, 1.165) is 54.6 Å². The molecule has 2 unspecified atom stereocenters. The van der Waals surface area contributed by atoms with Gasteiger partial charge in [0.05, 0.1) is 17.1 Å². The molecular weight excluding hydrogens is 378 g/mol. The first kappa shape index (κ1) is 15.4. The smallest absolute Gasteiger partial charge is 0.242 e. The minimum atomic E-state index is -0.0232. The quantitative estimate of drug-likeness (QED) is 0.559. The Morgan fingerprint density at radius 3 is 2.71 bits per heavy atom. The van der Waals surface area contributed by atoms with Gasteiger partial charge in [-0.1, -0.05) is 0 Å². The average Bonchev–Trinajstić information content (AvgIpc) is 3.38. The zero-order valence-corrected chi connectivity index (χ0v) is 15.8. The second-order valence-electron chi connectivity index (χ2n) is 9.00. The predicted molar refractivity (Wildman–Crippen MR) is 99.8 cm³/mol. The van der Waals surface area contributed by atoms with Gasteiger partial charge in [0.15, 0.2) is 17.1 Å². The molecule has 10 heteroatoms. The summed E-state index contributed by atoms with van der Waals surface area (Å²) in [7, 11) is 0. The number of nitrogens with one attached hydrogen (secondary N) is 1. The van der Waals surface area contributed by atoms with Crippen molar-refractivity contribution in [3.8, 4) is 0 Å². The van der Waals surface area contributed by atoms with Crippen LogP contribution in [0.25, 0.3) is 16.7 Å². The molecule has 8 rings (SSSR count). The molecule has 9 nitrogen and oxygen atoms in total. The van der Waals surface area contributed by atoms with Crippen LogP contribution >= 0.6 is 11.6 Å². The zero-order valence-electron chi connectivity index (χ0n) is 15.1. The van der Waals surface area contributed by atoms with Crippen LogP contribution < -0.4 is 0 Å². The van der Waals surface area contributed by atoms with Crippen LogP contribution in [-0.4, -0.2) is 44.5 Å². The van der Waals surface area contributed by atoms with Crippen molar-refractivity contribution in [2.75, 3.05) is 0 Å². The minimum absolute atomic E-state index is 0.0229. The number of rotatable bonds is 2. The first-order valence-corrected chi connectivity index (χ1v) is 10.1. The second kappa shape index (κ2) is 4.89. The molecule has 4 aliphatic carbocycles. The lowest BCUT2D eigenvalue weighted by molar-refractivity contribution is -0.0715. The van der Waals surface area contributed by atoms with Gasteiger partial charge in [0.25, 0.3) is 0 Å². The van der Waals surface area contributed by atoms with E-state index in [1.807, 2.05) is 4.68 Å². The molecule has 142 valence electrons. The van der Waals surface area contributed by atoms with E-state index in [2.05, 4.69) is 25.3 Å². The molecule has 4 aromatic heterocycles. The Labute approximate surface area is 164 Å². The van der Waals surface area contributed by atoms with Gasteiger partial charge >= 0.3 is 0 Å². The Morgan fingerprint density at radius 1 is 1.07 bits per heavy atom. The molecule has 4 aliphatic rings. The predicted octanol–water partition coefficient (Wildman–Crippen LogP) is 2.49. The molecule has 0 amide bonds. The van der Waals surface area contributed by atoms with Gasteiger partial charge in [0, 0.05) is 5.41 Å². The zero-order chi connectivity index (χ0) is 18.5. The van der Waals surface area contributed by atoms with Crippen LogP contribution in [0.15, 0.2) is 18.9 Å². The molecule has 4 fully saturated rings. The molecule has 2 atom stereocenters. The van der Waals surface area contributed by atoms with E-state index in [1.165, 1.54) is 6.42 Å². The van der Waals surface area contributed by atoms with E-state index >= 15 is 0 Å². The first-order chi connectivity index (χ1) is 13.6. The Hall–Kier alpha value is -2.55. The van der Waals surface area contributed by atoms with E-state index < -0.39 is 0 Å². The topological polar surface area (TPSA) is 102 Å². The van der Waals surface area contributed by atoms with Gasteiger partial charge in [-0.3, -0.25) is 5.10 Å². The summed E-state index contributed by atoms with van der Waals surface area (Å²) < 4.78 is 3.83. The Morgan fingerprint density at radius 2 is 1.93 bits per heavy atom. The van der Waals surface area contributed by atoms with Crippen LogP contribution in [0.4, 0.5) is 0 Å². The number of hydrogen-bond donors (Lipinski definition) is 1. The number of halogens is 1. The lowest BCUT2D eigenvalue weighted by Gasteiger charge is -2.60. The summed E-state index contributed by atoms with van der Waals surface area (Å²) in [5, 5.41) is 17.6. The Balaban J connectivity index is 1.40. The summed E-state index contributed by atoms with van der Waals surface area (Å²) >= 11 is 6.06. The maximum atomic E-state index is 6.06. The lowest BCUT2D eigenvalue weighted by atomic mass is 9.46. The van der Waals surface area contributed by atoms with Crippen LogP contribution in [0.1, 0.15) is 44.3 Å². The SMILES string of the molecule is Clc1ncn(C23CC4CC(CC(c5nc6c7cn[nH]c7ncn6n5)(C4)C2)C3)n1.